The molecule has 0 radical (unpaired) electrons. The lowest BCUT2D eigenvalue weighted by Crippen LogP contribution is -2.13. The summed E-state index contributed by atoms with van der Waals surface area (Å²) in [6.07, 6.45) is 0.911. The maximum absolute atomic E-state index is 7.40. The summed E-state index contributed by atoms with van der Waals surface area (Å²) >= 11 is 0. The van der Waals surface area contributed by atoms with Crippen molar-refractivity contribution >= 4 is 18.2 Å². The number of methoxy groups -OCH3 is 1. The van der Waals surface area contributed by atoms with Gasteiger partial charge in [-0.15, -0.1) is 12.4 Å². The molecule has 1 aromatic rings. The molecule has 0 saturated carbocycles. The number of rotatable bonds is 5. The van der Waals surface area contributed by atoms with Gasteiger partial charge in [-0.3, -0.25) is 5.41 Å². The second-order valence-electron chi connectivity index (χ2n) is 3.12. The van der Waals surface area contributed by atoms with Crippen LogP contribution in [-0.4, -0.2) is 19.6 Å². The maximum atomic E-state index is 7.40. The summed E-state index contributed by atoms with van der Waals surface area (Å²) in [5.41, 5.74) is 6.04. The molecule has 0 aliphatic heterocycles. The Hall–Kier alpha value is -1.42. The van der Waals surface area contributed by atoms with Gasteiger partial charge in [0.1, 0.15) is 17.3 Å². The number of nitrogens with one attached hydrogen (secondary N) is 1. The number of benzene rings is 1. The van der Waals surface area contributed by atoms with E-state index in [1.54, 1.807) is 25.3 Å². The van der Waals surface area contributed by atoms with Gasteiger partial charge in [0.25, 0.3) is 0 Å². The molecule has 0 saturated heterocycles. The summed E-state index contributed by atoms with van der Waals surface area (Å²) in [6.45, 7) is 2.63. The molecule has 0 bridgehead atoms. The first-order chi connectivity index (χ1) is 7.19. The molecule has 0 aliphatic rings. The van der Waals surface area contributed by atoms with Gasteiger partial charge in [0, 0.05) is 6.07 Å². The van der Waals surface area contributed by atoms with E-state index in [4.69, 9.17) is 20.6 Å². The fourth-order valence-corrected chi connectivity index (χ4v) is 1.18. The van der Waals surface area contributed by atoms with E-state index in [2.05, 4.69) is 0 Å². The molecule has 3 N–H and O–H groups in total. The minimum atomic E-state index is 0. The molecular weight excluding hydrogens is 228 g/mol. The first-order valence-corrected chi connectivity index (χ1v) is 4.84. The number of hydrogen-bond donors (Lipinski definition) is 2. The highest BCUT2D eigenvalue weighted by Crippen LogP contribution is 2.24. The molecule has 1 rings (SSSR count). The van der Waals surface area contributed by atoms with E-state index < -0.39 is 0 Å². The van der Waals surface area contributed by atoms with Crippen molar-refractivity contribution < 1.29 is 9.47 Å². The predicted octanol–water partition coefficient (Wildman–Crippen LogP) is 2.19. The molecule has 5 heteroatoms. The average Bonchev–Trinajstić information content (AvgIpc) is 2.25. The maximum Gasteiger partial charge on any atom is 0.133 e. The zero-order chi connectivity index (χ0) is 11.3. The van der Waals surface area contributed by atoms with Crippen molar-refractivity contribution in [3.63, 3.8) is 0 Å². The number of ether oxygens (including phenoxy) is 2. The Kier molecular flexibility index (Phi) is 6.34. The highest BCUT2D eigenvalue weighted by atomic mass is 35.5. The van der Waals surface area contributed by atoms with Crippen molar-refractivity contribution in [3.8, 4) is 11.5 Å². The Labute approximate surface area is 102 Å². The second-order valence-corrected chi connectivity index (χ2v) is 3.12. The van der Waals surface area contributed by atoms with Crippen LogP contribution in [0.15, 0.2) is 18.2 Å². The van der Waals surface area contributed by atoms with Crippen molar-refractivity contribution in [1.29, 1.82) is 5.41 Å². The standard InChI is InChI=1S/C11H16N2O2.ClH/c1-3-6-15-10-7-8(14-2)4-5-9(10)11(12)13;/h4-5,7H,3,6H2,1-2H3,(H3,12,13);1H. The van der Waals surface area contributed by atoms with E-state index in [1.165, 1.54) is 0 Å². The molecule has 0 amide bonds. The first-order valence-electron chi connectivity index (χ1n) is 4.84. The largest absolute Gasteiger partial charge is 0.497 e. The highest BCUT2D eigenvalue weighted by molar-refractivity contribution is 5.97. The third-order valence-corrected chi connectivity index (χ3v) is 1.94. The van der Waals surface area contributed by atoms with E-state index in [0.717, 1.165) is 6.42 Å². The number of halogens is 1. The fourth-order valence-electron chi connectivity index (χ4n) is 1.18. The van der Waals surface area contributed by atoms with Gasteiger partial charge in [0.2, 0.25) is 0 Å². The van der Waals surface area contributed by atoms with Crippen LogP contribution in [0.3, 0.4) is 0 Å². The van der Waals surface area contributed by atoms with Crippen LogP contribution in [0.2, 0.25) is 0 Å². The van der Waals surface area contributed by atoms with Gasteiger partial charge in [-0.2, -0.15) is 0 Å². The molecule has 16 heavy (non-hydrogen) atoms. The Morgan fingerprint density at radius 1 is 1.44 bits per heavy atom. The van der Waals surface area contributed by atoms with E-state index >= 15 is 0 Å². The fraction of sp³-hybridized carbons (Fsp3) is 0.364. The van der Waals surface area contributed by atoms with Gasteiger partial charge in [0.05, 0.1) is 19.3 Å². The van der Waals surface area contributed by atoms with Gasteiger partial charge < -0.3 is 15.2 Å². The minimum Gasteiger partial charge on any atom is -0.497 e. The van der Waals surface area contributed by atoms with Gasteiger partial charge in [-0.1, -0.05) is 6.92 Å². The molecule has 0 spiro atoms. The van der Waals surface area contributed by atoms with Crippen molar-refractivity contribution in [2.45, 2.75) is 13.3 Å². The van der Waals surface area contributed by atoms with Gasteiger partial charge in [-0.05, 0) is 18.6 Å². The number of nitrogens with two attached hydrogens (primary N) is 1. The Bertz CT molecular complexity index is 356. The van der Waals surface area contributed by atoms with E-state index in [9.17, 15) is 0 Å². The van der Waals surface area contributed by atoms with Crippen LogP contribution in [0.5, 0.6) is 11.5 Å². The highest BCUT2D eigenvalue weighted by Gasteiger charge is 2.07. The summed E-state index contributed by atoms with van der Waals surface area (Å²) in [5, 5.41) is 7.40. The lowest BCUT2D eigenvalue weighted by atomic mass is 10.2. The summed E-state index contributed by atoms with van der Waals surface area (Å²) < 4.78 is 10.6. The zero-order valence-corrected chi connectivity index (χ0v) is 10.3. The summed E-state index contributed by atoms with van der Waals surface area (Å²) in [4.78, 5) is 0. The van der Waals surface area contributed by atoms with Gasteiger partial charge in [-0.25, -0.2) is 0 Å². The third kappa shape index (κ3) is 3.62. The van der Waals surface area contributed by atoms with Gasteiger partial charge in [0.15, 0.2) is 0 Å². The van der Waals surface area contributed by atoms with Crippen LogP contribution in [0.1, 0.15) is 18.9 Å². The molecule has 0 aromatic heterocycles. The van der Waals surface area contributed by atoms with Crippen LogP contribution < -0.4 is 15.2 Å². The smallest absolute Gasteiger partial charge is 0.133 e. The van der Waals surface area contributed by atoms with Crippen LogP contribution in [0.4, 0.5) is 0 Å². The molecule has 0 heterocycles. The van der Waals surface area contributed by atoms with E-state index in [1.807, 2.05) is 6.92 Å². The molecule has 4 nitrogen and oxygen atoms in total. The SMILES string of the molecule is CCCOc1cc(OC)ccc1C(=N)N.Cl. The van der Waals surface area contributed by atoms with Crippen molar-refractivity contribution in [3.05, 3.63) is 23.8 Å². The van der Waals surface area contributed by atoms with Crippen molar-refractivity contribution in [1.82, 2.24) is 0 Å². The summed E-state index contributed by atoms with van der Waals surface area (Å²) in [6, 6.07) is 5.23. The first kappa shape index (κ1) is 14.6. The molecule has 0 unspecified atom stereocenters. The van der Waals surface area contributed by atoms with Crippen LogP contribution in [0.25, 0.3) is 0 Å². The van der Waals surface area contributed by atoms with Crippen molar-refractivity contribution in [2.24, 2.45) is 5.73 Å². The molecule has 0 atom stereocenters. The van der Waals surface area contributed by atoms with Crippen LogP contribution in [0, 0.1) is 5.41 Å². The quantitative estimate of drug-likeness (QED) is 0.616. The number of nitrogen functional groups attached to an aromatic ring is 1. The average molecular weight is 245 g/mol. The lowest BCUT2D eigenvalue weighted by molar-refractivity contribution is 0.314. The molecule has 90 valence electrons. The number of amidine groups is 1. The Morgan fingerprint density at radius 2 is 2.12 bits per heavy atom. The Balaban J connectivity index is 0.00000225. The number of hydrogen-bond acceptors (Lipinski definition) is 3. The summed E-state index contributed by atoms with van der Waals surface area (Å²) in [7, 11) is 1.59. The molecular formula is C11H17ClN2O2. The minimum absolute atomic E-state index is 0. The third-order valence-electron chi connectivity index (χ3n) is 1.94. The molecule has 0 aliphatic carbocycles. The predicted molar refractivity (Wildman–Crippen MR) is 67.0 cm³/mol. The Morgan fingerprint density at radius 3 is 2.62 bits per heavy atom. The molecule has 0 fully saturated rings. The van der Waals surface area contributed by atoms with Crippen LogP contribution >= 0.6 is 12.4 Å². The second kappa shape index (κ2) is 6.95. The monoisotopic (exact) mass is 244 g/mol. The zero-order valence-electron chi connectivity index (χ0n) is 9.45. The summed E-state index contributed by atoms with van der Waals surface area (Å²) in [5.74, 6) is 1.30. The van der Waals surface area contributed by atoms with Crippen molar-refractivity contribution in [2.75, 3.05) is 13.7 Å². The topological polar surface area (TPSA) is 68.3 Å². The van der Waals surface area contributed by atoms with E-state index in [-0.39, 0.29) is 18.2 Å². The van der Waals surface area contributed by atoms with E-state index in [0.29, 0.717) is 23.7 Å². The van der Waals surface area contributed by atoms with Crippen LogP contribution in [-0.2, 0) is 0 Å². The molecule has 1 aromatic carbocycles. The normalized spacial score (nSPS) is 9.12. The van der Waals surface area contributed by atoms with Gasteiger partial charge >= 0.3 is 0 Å². The lowest BCUT2D eigenvalue weighted by Gasteiger charge is -2.11.